The minimum absolute atomic E-state index is 0.0315. The number of benzene rings is 1. The summed E-state index contributed by atoms with van der Waals surface area (Å²) < 4.78 is 0. The molecule has 1 aliphatic heterocycles. The van der Waals surface area contributed by atoms with Crippen molar-refractivity contribution in [1.29, 1.82) is 0 Å². The average Bonchev–Trinajstić information content (AvgIpc) is 2.96. The Labute approximate surface area is 133 Å². The molecule has 2 aromatic rings. The van der Waals surface area contributed by atoms with E-state index in [4.69, 9.17) is 0 Å². The number of nitro groups is 1. The van der Waals surface area contributed by atoms with Gasteiger partial charge in [0, 0.05) is 30.4 Å². The standard InChI is InChI=1S/C16H16N4O3/c1-11-9-14(20(22)23)10-17-16(11)18-12-4-6-13(7-5-12)19-8-2-3-15(19)21/h4-7,9-10H,2-3,8H2,1H3,(H,17,18). The predicted octanol–water partition coefficient (Wildman–Crippen LogP) is 3.17. The largest absolute Gasteiger partial charge is 0.340 e. The van der Waals surface area contributed by atoms with Crippen molar-refractivity contribution in [2.75, 3.05) is 16.8 Å². The third-order valence-corrected chi connectivity index (χ3v) is 3.79. The number of amides is 1. The number of carbonyl (C=O) groups is 1. The van der Waals surface area contributed by atoms with E-state index in [2.05, 4.69) is 10.3 Å². The summed E-state index contributed by atoms with van der Waals surface area (Å²) in [6.07, 6.45) is 2.73. The Balaban J connectivity index is 1.76. The fourth-order valence-corrected chi connectivity index (χ4v) is 2.57. The lowest BCUT2D eigenvalue weighted by Crippen LogP contribution is -2.23. The van der Waals surface area contributed by atoms with Crippen molar-refractivity contribution in [1.82, 2.24) is 4.98 Å². The first-order valence-electron chi connectivity index (χ1n) is 7.33. The first-order valence-corrected chi connectivity index (χ1v) is 7.33. The van der Waals surface area contributed by atoms with Gasteiger partial charge in [-0.2, -0.15) is 0 Å². The molecule has 3 rings (SSSR count). The van der Waals surface area contributed by atoms with Crippen LogP contribution in [0.1, 0.15) is 18.4 Å². The maximum atomic E-state index is 11.7. The number of carbonyl (C=O) groups excluding carboxylic acids is 1. The lowest BCUT2D eigenvalue weighted by Gasteiger charge is -2.16. The molecule has 1 aromatic carbocycles. The summed E-state index contributed by atoms with van der Waals surface area (Å²) in [6.45, 7) is 2.52. The van der Waals surface area contributed by atoms with E-state index >= 15 is 0 Å². The van der Waals surface area contributed by atoms with Crippen molar-refractivity contribution in [2.45, 2.75) is 19.8 Å². The Morgan fingerprint density at radius 3 is 2.61 bits per heavy atom. The smallest absolute Gasteiger partial charge is 0.287 e. The van der Waals surface area contributed by atoms with E-state index in [-0.39, 0.29) is 11.6 Å². The highest BCUT2D eigenvalue weighted by Crippen LogP contribution is 2.26. The molecule has 0 saturated carbocycles. The molecule has 0 aliphatic carbocycles. The second-order valence-electron chi connectivity index (χ2n) is 5.44. The molecule has 1 aromatic heterocycles. The molecule has 23 heavy (non-hydrogen) atoms. The van der Waals surface area contributed by atoms with Crippen molar-refractivity contribution in [3.63, 3.8) is 0 Å². The van der Waals surface area contributed by atoms with Crippen LogP contribution in [-0.4, -0.2) is 22.4 Å². The Morgan fingerprint density at radius 1 is 1.30 bits per heavy atom. The molecule has 1 saturated heterocycles. The third kappa shape index (κ3) is 3.13. The van der Waals surface area contributed by atoms with Crippen LogP contribution < -0.4 is 10.2 Å². The highest BCUT2D eigenvalue weighted by Gasteiger charge is 2.21. The van der Waals surface area contributed by atoms with Crippen LogP contribution in [0.15, 0.2) is 36.5 Å². The lowest BCUT2D eigenvalue weighted by atomic mass is 10.2. The number of nitrogens with one attached hydrogen (secondary N) is 1. The minimum atomic E-state index is -0.467. The van der Waals surface area contributed by atoms with Gasteiger partial charge >= 0.3 is 0 Å². The molecular weight excluding hydrogens is 296 g/mol. The van der Waals surface area contributed by atoms with Crippen LogP contribution in [-0.2, 0) is 4.79 Å². The maximum Gasteiger partial charge on any atom is 0.287 e. The Kier molecular flexibility index (Phi) is 3.92. The number of hydrogen-bond donors (Lipinski definition) is 1. The second kappa shape index (κ2) is 6.04. The molecule has 2 heterocycles. The second-order valence-corrected chi connectivity index (χ2v) is 5.44. The number of aromatic nitrogens is 1. The van der Waals surface area contributed by atoms with E-state index in [1.165, 1.54) is 12.3 Å². The topological polar surface area (TPSA) is 88.4 Å². The normalized spacial score (nSPS) is 14.1. The van der Waals surface area contributed by atoms with Crippen LogP contribution in [0.2, 0.25) is 0 Å². The van der Waals surface area contributed by atoms with Gasteiger partial charge in [-0.3, -0.25) is 14.9 Å². The van der Waals surface area contributed by atoms with E-state index in [0.717, 1.165) is 24.3 Å². The number of nitrogens with zero attached hydrogens (tertiary/aromatic N) is 3. The van der Waals surface area contributed by atoms with E-state index < -0.39 is 4.92 Å². The summed E-state index contributed by atoms with van der Waals surface area (Å²) in [5.41, 5.74) is 2.35. The molecule has 1 amide bonds. The van der Waals surface area contributed by atoms with E-state index in [0.29, 0.717) is 17.8 Å². The van der Waals surface area contributed by atoms with Gasteiger partial charge in [-0.05, 0) is 43.2 Å². The molecule has 0 spiro atoms. The molecule has 1 fully saturated rings. The first-order chi connectivity index (χ1) is 11.0. The van der Waals surface area contributed by atoms with Crippen molar-refractivity contribution >= 4 is 28.8 Å². The van der Waals surface area contributed by atoms with E-state index in [1.54, 1.807) is 11.8 Å². The first kappa shape index (κ1) is 15.0. The number of pyridine rings is 1. The lowest BCUT2D eigenvalue weighted by molar-refractivity contribution is -0.385. The molecule has 0 unspecified atom stereocenters. The van der Waals surface area contributed by atoms with Crippen LogP contribution in [0.25, 0.3) is 0 Å². The highest BCUT2D eigenvalue weighted by molar-refractivity contribution is 5.95. The van der Waals surface area contributed by atoms with Crippen LogP contribution in [0, 0.1) is 17.0 Å². The van der Waals surface area contributed by atoms with Crippen molar-refractivity contribution < 1.29 is 9.72 Å². The van der Waals surface area contributed by atoms with Gasteiger partial charge < -0.3 is 10.2 Å². The van der Waals surface area contributed by atoms with E-state index in [1.807, 2.05) is 24.3 Å². The number of rotatable bonds is 4. The molecular formula is C16H16N4O3. The SMILES string of the molecule is Cc1cc([N+](=O)[O-])cnc1Nc1ccc(N2CCCC2=O)cc1. The van der Waals surface area contributed by atoms with Gasteiger partial charge in [0.1, 0.15) is 12.0 Å². The van der Waals surface area contributed by atoms with Gasteiger partial charge in [0.2, 0.25) is 5.91 Å². The predicted molar refractivity (Wildman–Crippen MR) is 86.9 cm³/mol. The molecule has 7 nitrogen and oxygen atoms in total. The molecule has 0 atom stereocenters. The molecule has 0 radical (unpaired) electrons. The third-order valence-electron chi connectivity index (χ3n) is 3.79. The Bertz CT molecular complexity index is 758. The van der Waals surface area contributed by atoms with Gasteiger partial charge in [-0.15, -0.1) is 0 Å². The zero-order valence-corrected chi connectivity index (χ0v) is 12.7. The summed E-state index contributed by atoms with van der Waals surface area (Å²) in [5.74, 6) is 0.721. The summed E-state index contributed by atoms with van der Waals surface area (Å²) >= 11 is 0. The summed E-state index contributed by atoms with van der Waals surface area (Å²) in [6, 6.07) is 8.97. The summed E-state index contributed by atoms with van der Waals surface area (Å²) in [4.78, 5) is 27.9. The Hall–Kier alpha value is -2.96. The fraction of sp³-hybridized carbons (Fsp3) is 0.250. The molecule has 118 valence electrons. The van der Waals surface area contributed by atoms with Crippen molar-refractivity contribution in [3.05, 3.63) is 52.2 Å². The van der Waals surface area contributed by atoms with Crippen molar-refractivity contribution in [2.24, 2.45) is 0 Å². The van der Waals surface area contributed by atoms with E-state index in [9.17, 15) is 14.9 Å². The Morgan fingerprint density at radius 2 is 2.04 bits per heavy atom. The molecule has 1 aliphatic rings. The van der Waals surface area contributed by atoms with Gasteiger partial charge in [-0.1, -0.05) is 0 Å². The van der Waals surface area contributed by atoms with Gasteiger partial charge in [0.05, 0.1) is 4.92 Å². The molecule has 0 bridgehead atoms. The summed E-state index contributed by atoms with van der Waals surface area (Å²) in [7, 11) is 0. The highest BCUT2D eigenvalue weighted by atomic mass is 16.6. The fourth-order valence-electron chi connectivity index (χ4n) is 2.57. The number of hydrogen-bond acceptors (Lipinski definition) is 5. The summed E-state index contributed by atoms with van der Waals surface area (Å²) in [5, 5.41) is 13.9. The average molecular weight is 312 g/mol. The van der Waals surface area contributed by atoms with Crippen molar-refractivity contribution in [3.8, 4) is 0 Å². The monoisotopic (exact) mass is 312 g/mol. The molecule has 7 heteroatoms. The zero-order valence-electron chi connectivity index (χ0n) is 12.7. The quantitative estimate of drug-likeness (QED) is 0.692. The van der Waals surface area contributed by atoms with Crippen LogP contribution in [0.3, 0.4) is 0 Å². The van der Waals surface area contributed by atoms with Gasteiger partial charge in [0.15, 0.2) is 0 Å². The van der Waals surface area contributed by atoms with Gasteiger partial charge in [-0.25, -0.2) is 4.98 Å². The van der Waals surface area contributed by atoms with Crippen LogP contribution in [0.5, 0.6) is 0 Å². The maximum absolute atomic E-state index is 11.7. The van der Waals surface area contributed by atoms with Gasteiger partial charge in [0.25, 0.3) is 5.69 Å². The molecule has 1 N–H and O–H groups in total. The number of anilines is 3. The van der Waals surface area contributed by atoms with Crippen LogP contribution >= 0.6 is 0 Å². The number of aryl methyl sites for hydroxylation is 1. The van der Waals surface area contributed by atoms with Crippen LogP contribution in [0.4, 0.5) is 22.9 Å². The minimum Gasteiger partial charge on any atom is -0.340 e. The zero-order chi connectivity index (χ0) is 16.4.